The molecule has 0 atom stereocenters. The Morgan fingerprint density at radius 2 is 2.20 bits per heavy atom. The van der Waals surface area contributed by atoms with Gasteiger partial charge in [-0.15, -0.1) is 0 Å². The molecule has 0 unspecified atom stereocenters. The van der Waals surface area contributed by atoms with Gasteiger partial charge in [-0.05, 0) is 37.9 Å². The molecule has 1 N–H and O–H groups in total. The average molecular weight is 205 g/mol. The van der Waals surface area contributed by atoms with E-state index >= 15 is 0 Å². The molecule has 0 saturated heterocycles. The Morgan fingerprint density at radius 3 is 2.73 bits per heavy atom. The zero-order valence-corrected chi connectivity index (χ0v) is 9.75. The monoisotopic (exact) mass is 205 g/mol. The van der Waals surface area contributed by atoms with Crippen LogP contribution in [-0.2, 0) is 6.42 Å². The number of rotatable bonds is 4. The average Bonchev–Trinajstić information content (AvgIpc) is 2.99. The van der Waals surface area contributed by atoms with Gasteiger partial charge in [0.25, 0.3) is 0 Å². The van der Waals surface area contributed by atoms with Gasteiger partial charge in [0.2, 0.25) is 0 Å². The summed E-state index contributed by atoms with van der Waals surface area (Å²) in [4.78, 5) is 6.51. The van der Waals surface area contributed by atoms with Gasteiger partial charge in [-0.25, -0.2) is 4.98 Å². The Bertz CT molecular complexity index is 342. The minimum absolute atomic E-state index is 0.355. The summed E-state index contributed by atoms with van der Waals surface area (Å²) in [5.74, 6) is 1.10. The van der Waals surface area contributed by atoms with Crippen LogP contribution in [-0.4, -0.2) is 31.7 Å². The second-order valence-corrected chi connectivity index (χ2v) is 4.59. The molecule has 2 rings (SSSR count). The Hall–Kier alpha value is -1.09. The van der Waals surface area contributed by atoms with Crippen molar-refractivity contribution in [3.05, 3.63) is 23.9 Å². The molecule has 82 valence electrons. The molecule has 0 bridgehead atoms. The maximum atomic E-state index is 4.42. The van der Waals surface area contributed by atoms with Gasteiger partial charge < -0.3 is 10.2 Å². The van der Waals surface area contributed by atoms with Gasteiger partial charge in [0, 0.05) is 25.8 Å². The minimum Gasteiger partial charge on any atom is -0.363 e. The molecule has 1 heterocycles. The quantitative estimate of drug-likeness (QED) is 0.806. The maximum Gasteiger partial charge on any atom is 0.131 e. The molecule has 1 fully saturated rings. The van der Waals surface area contributed by atoms with E-state index < -0.39 is 0 Å². The zero-order valence-electron chi connectivity index (χ0n) is 9.75. The number of nitrogens with zero attached hydrogens (tertiary/aromatic N) is 2. The Labute approximate surface area is 91.5 Å². The molecule has 1 saturated carbocycles. The number of aromatic nitrogens is 1. The summed E-state index contributed by atoms with van der Waals surface area (Å²) in [6, 6.07) is 4.20. The second-order valence-electron chi connectivity index (χ2n) is 4.59. The summed E-state index contributed by atoms with van der Waals surface area (Å²) in [6.07, 6.45) is 5.51. The standard InChI is InChI=1S/C12H19N3/c1-13-12(6-7-12)9-10-5-4-8-14-11(10)15(2)3/h4-5,8,13H,6-7,9H2,1-3H3. The van der Waals surface area contributed by atoms with Crippen molar-refractivity contribution in [2.75, 3.05) is 26.0 Å². The number of likely N-dealkylation sites (N-methyl/N-ethyl adjacent to an activating group) is 1. The van der Waals surface area contributed by atoms with Crippen LogP contribution in [0.15, 0.2) is 18.3 Å². The van der Waals surface area contributed by atoms with E-state index in [9.17, 15) is 0 Å². The van der Waals surface area contributed by atoms with Crippen molar-refractivity contribution in [1.82, 2.24) is 10.3 Å². The highest BCUT2D eigenvalue weighted by molar-refractivity contribution is 5.46. The fourth-order valence-electron chi connectivity index (χ4n) is 2.00. The van der Waals surface area contributed by atoms with E-state index in [1.165, 1.54) is 18.4 Å². The molecule has 1 aliphatic carbocycles. The summed E-state index contributed by atoms with van der Waals surface area (Å²) in [5, 5.41) is 3.42. The van der Waals surface area contributed by atoms with Gasteiger partial charge in [0.1, 0.15) is 5.82 Å². The molecular formula is C12H19N3. The van der Waals surface area contributed by atoms with Crippen LogP contribution in [0.4, 0.5) is 5.82 Å². The summed E-state index contributed by atoms with van der Waals surface area (Å²) in [5.41, 5.74) is 1.70. The van der Waals surface area contributed by atoms with Crippen LogP contribution in [0.1, 0.15) is 18.4 Å². The normalized spacial score (nSPS) is 17.5. The van der Waals surface area contributed by atoms with Crippen LogP contribution in [0.3, 0.4) is 0 Å². The highest BCUT2D eigenvalue weighted by atomic mass is 15.1. The number of nitrogens with one attached hydrogen (secondary N) is 1. The number of pyridine rings is 1. The maximum absolute atomic E-state index is 4.42. The van der Waals surface area contributed by atoms with Crippen LogP contribution < -0.4 is 10.2 Å². The number of hydrogen-bond donors (Lipinski definition) is 1. The third kappa shape index (κ3) is 2.12. The van der Waals surface area contributed by atoms with Crippen molar-refractivity contribution in [2.24, 2.45) is 0 Å². The Balaban J connectivity index is 2.20. The van der Waals surface area contributed by atoms with E-state index in [2.05, 4.69) is 28.3 Å². The van der Waals surface area contributed by atoms with Crippen molar-refractivity contribution in [2.45, 2.75) is 24.8 Å². The first-order chi connectivity index (χ1) is 7.17. The lowest BCUT2D eigenvalue weighted by Crippen LogP contribution is -2.30. The SMILES string of the molecule is CNC1(Cc2cccnc2N(C)C)CC1. The van der Waals surface area contributed by atoms with Crippen molar-refractivity contribution in [3.8, 4) is 0 Å². The molecule has 0 aromatic carbocycles. The largest absolute Gasteiger partial charge is 0.363 e. The van der Waals surface area contributed by atoms with Crippen LogP contribution >= 0.6 is 0 Å². The predicted molar refractivity (Wildman–Crippen MR) is 63.3 cm³/mol. The van der Waals surface area contributed by atoms with E-state index in [-0.39, 0.29) is 0 Å². The fraction of sp³-hybridized carbons (Fsp3) is 0.583. The van der Waals surface area contributed by atoms with Gasteiger partial charge in [-0.2, -0.15) is 0 Å². The van der Waals surface area contributed by atoms with Crippen LogP contribution in [0, 0.1) is 0 Å². The highest BCUT2D eigenvalue weighted by Crippen LogP contribution is 2.39. The molecule has 3 heteroatoms. The smallest absolute Gasteiger partial charge is 0.131 e. The molecule has 0 amide bonds. The molecular weight excluding hydrogens is 186 g/mol. The van der Waals surface area contributed by atoms with Crippen LogP contribution in [0.25, 0.3) is 0 Å². The zero-order chi connectivity index (χ0) is 10.9. The number of hydrogen-bond acceptors (Lipinski definition) is 3. The highest BCUT2D eigenvalue weighted by Gasteiger charge is 2.41. The second kappa shape index (κ2) is 3.81. The molecule has 0 spiro atoms. The lowest BCUT2D eigenvalue weighted by molar-refractivity contribution is 0.548. The predicted octanol–water partition coefficient (Wildman–Crippen LogP) is 1.44. The minimum atomic E-state index is 0.355. The molecule has 3 nitrogen and oxygen atoms in total. The van der Waals surface area contributed by atoms with Gasteiger partial charge in [-0.3, -0.25) is 0 Å². The van der Waals surface area contributed by atoms with E-state index in [1.807, 2.05) is 26.4 Å². The first-order valence-electron chi connectivity index (χ1n) is 5.47. The third-order valence-electron chi connectivity index (χ3n) is 3.20. The molecule has 15 heavy (non-hydrogen) atoms. The summed E-state index contributed by atoms with van der Waals surface area (Å²) < 4.78 is 0. The van der Waals surface area contributed by atoms with Crippen LogP contribution in [0.2, 0.25) is 0 Å². The molecule has 1 aliphatic rings. The van der Waals surface area contributed by atoms with Crippen molar-refractivity contribution in [1.29, 1.82) is 0 Å². The Kier molecular flexibility index (Phi) is 2.65. The van der Waals surface area contributed by atoms with Crippen molar-refractivity contribution in [3.63, 3.8) is 0 Å². The Morgan fingerprint density at radius 1 is 1.47 bits per heavy atom. The third-order valence-corrected chi connectivity index (χ3v) is 3.20. The van der Waals surface area contributed by atoms with E-state index in [0.29, 0.717) is 5.54 Å². The van der Waals surface area contributed by atoms with E-state index in [1.54, 1.807) is 0 Å². The topological polar surface area (TPSA) is 28.2 Å². The first-order valence-corrected chi connectivity index (χ1v) is 5.47. The van der Waals surface area contributed by atoms with E-state index in [4.69, 9.17) is 0 Å². The van der Waals surface area contributed by atoms with Gasteiger partial charge in [0.15, 0.2) is 0 Å². The lowest BCUT2D eigenvalue weighted by Gasteiger charge is -2.19. The molecule has 0 aliphatic heterocycles. The number of anilines is 1. The summed E-state index contributed by atoms with van der Waals surface area (Å²) in [6.45, 7) is 0. The molecule has 1 aromatic rings. The lowest BCUT2D eigenvalue weighted by atomic mass is 10.0. The van der Waals surface area contributed by atoms with Gasteiger partial charge in [0.05, 0.1) is 0 Å². The summed E-state index contributed by atoms with van der Waals surface area (Å²) >= 11 is 0. The van der Waals surface area contributed by atoms with Crippen molar-refractivity contribution >= 4 is 5.82 Å². The van der Waals surface area contributed by atoms with Crippen LogP contribution in [0.5, 0.6) is 0 Å². The fourth-order valence-corrected chi connectivity index (χ4v) is 2.00. The van der Waals surface area contributed by atoms with Gasteiger partial charge >= 0.3 is 0 Å². The van der Waals surface area contributed by atoms with Gasteiger partial charge in [-0.1, -0.05) is 6.07 Å². The van der Waals surface area contributed by atoms with E-state index in [0.717, 1.165) is 12.2 Å². The summed E-state index contributed by atoms with van der Waals surface area (Å²) in [7, 11) is 6.15. The molecule has 1 aromatic heterocycles. The van der Waals surface area contributed by atoms with Crippen molar-refractivity contribution < 1.29 is 0 Å². The first kappa shape index (κ1) is 10.4. The molecule has 0 radical (unpaired) electrons.